The van der Waals surface area contributed by atoms with Crippen molar-refractivity contribution >= 4 is 5.91 Å². The van der Waals surface area contributed by atoms with Crippen molar-refractivity contribution in [1.82, 2.24) is 5.32 Å². The molecule has 7 atom stereocenters. The molecule has 7 unspecified atom stereocenters. The first-order valence-corrected chi connectivity index (χ1v) is 27.8. The first-order valence-electron chi connectivity index (χ1n) is 27.8. The van der Waals surface area contributed by atoms with Gasteiger partial charge in [-0.25, -0.2) is 0 Å². The normalized spacial score (nSPS) is 20.2. The lowest BCUT2D eigenvalue weighted by atomic mass is 9.99. The summed E-state index contributed by atoms with van der Waals surface area (Å²) in [6, 6.07) is -0.826. The van der Waals surface area contributed by atoms with Gasteiger partial charge < -0.3 is 40.3 Å². The third-order valence-corrected chi connectivity index (χ3v) is 12.7. The molecular weight excluding hydrogens is 851 g/mol. The number of aliphatic hydroxyl groups is 5. The molecule has 1 aliphatic rings. The lowest BCUT2D eigenvalue weighted by molar-refractivity contribution is -0.302. The fourth-order valence-electron chi connectivity index (χ4n) is 8.32. The topological polar surface area (TPSA) is 149 Å². The van der Waals surface area contributed by atoms with Gasteiger partial charge in [-0.15, -0.1) is 0 Å². The van der Waals surface area contributed by atoms with E-state index in [9.17, 15) is 30.3 Å². The zero-order chi connectivity index (χ0) is 49.4. The molecule has 0 aromatic rings. The Morgan fingerprint density at radius 2 is 0.926 bits per heavy atom. The van der Waals surface area contributed by atoms with Crippen LogP contribution < -0.4 is 5.32 Å². The molecule has 0 bridgehead atoms. The van der Waals surface area contributed by atoms with Gasteiger partial charge >= 0.3 is 0 Å². The lowest BCUT2D eigenvalue weighted by Crippen LogP contribution is -2.60. The summed E-state index contributed by atoms with van der Waals surface area (Å²) >= 11 is 0. The number of ether oxygens (including phenoxy) is 2. The highest BCUT2D eigenvalue weighted by Gasteiger charge is 2.44. The second-order valence-electron chi connectivity index (χ2n) is 19.0. The Hall–Kier alpha value is -2.63. The van der Waals surface area contributed by atoms with Gasteiger partial charge in [0.25, 0.3) is 0 Å². The second kappa shape index (κ2) is 48.0. The lowest BCUT2D eigenvalue weighted by Gasteiger charge is -2.40. The van der Waals surface area contributed by atoms with Crippen molar-refractivity contribution in [1.29, 1.82) is 0 Å². The largest absolute Gasteiger partial charge is 0.394 e. The van der Waals surface area contributed by atoms with Gasteiger partial charge in [0, 0.05) is 6.42 Å². The molecular formula is C59H103NO8. The van der Waals surface area contributed by atoms with Crippen LogP contribution in [0.5, 0.6) is 0 Å². The highest BCUT2D eigenvalue weighted by atomic mass is 16.7. The Bertz CT molecular complexity index is 1340. The van der Waals surface area contributed by atoms with E-state index < -0.39 is 49.5 Å². The number of carbonyl (C=O) groups excluding carboxylic acids is 1. The predicted molar refractivity (Wildman–Crippen MR) is 285 cm³/mol. The molecule has 1 aliphatic heterocycles. The van der Waals surface area contributed by atoms with Gasteiger partial charge in [0.05, 0.1) is 25.4 Å². The molecule has 0 aliphatic carbocycles. The van der Waals surface area contributed by atoms with E-state index in [4.69, 9.17) is 9.47 Å². The van der Waals surface area contributed by atoms with E-state index in [2.05, 4.69) is 92.1 Å². The number of rotatable bonds is 46. The summed E-state index contributed by atoms with van der Waals surface area (Å²) in [6.45, 7) is 3.65. The minimum absolute atomic E-state index is 0.191. The van der Waals surface area contributed by atoms with E-state index in [0.29, 0.717) is 6.42 Å². The van der Waals surface area contributed by atoms with Crippen LogP contribution in [-0.4, -0.2) is 87.5 Å². The van der Waals surface area contributed by atoms with E-state index >= 15 is 0 Å². The Morgan fingerprint density at radius 1 is 0.515 bits per heavy atom. The van der Waals surface area contributed by atoms with Crippen LogP contribution in [0, 0.1) is 0 Å². The van der Waals surface area contributed by atoms with Gasteiger partial charge in [0.2, 0.25) is 5.91 Å². The molecule has 0 spiro atoms. The van der Waals surface area contributed by atoms with Crippen LogP contribution in [0.3, 0.4) is 0 Å². The summed E-state index contributed by atoms with van der Waals surface area (Å²) in [5.41, 5.74) is 0. The van der Waals surface area contributed by atoms with Crippen LogP contribution in [0.25, 0.3) is 0 Å². The number of nitrogens with one attached hydrogen (secondary N) is 1. The highest BCUT2D eigenvalue weighted by molar-refractivity contribution is 5.76. The number of allylic oxidation sites excluding steroid dienone is 13. The Morgan fingerprint density at radius 3 is 1.41 bits per heavy atom. The summed E-state index contributed by atoms with van der Waals surface area (Å²) in [5.74, 6) is -0.191. The molecule has 68 heavy (non-hydrogen) atoms. The van der Waals surface area contributed by atoms with E-state index in [0.717, 1.165) is 70.6 Å². The molecule has 1 rings (SSSR count). The third-order valence-electron chi connectivity index (χ3n) is 12.7. The summed E-state index contributed by atoms with van der Waals surface area (Å²) in [5, 5.41) is 54.4. The minimum Gasteiger partial charge on any atom is -0.394 e. The molecule has 9 nitrogen and oxygen atoms in total. The van der Waals surface area contributed by atoms with Crippen molar-refractivity contribution in [2.75, 3.05) is 13.2 Å². The molecule has 0 saturated carbocycles. The van der Waals surface area contributed by atoms with Gasteiger partial charge in [-0.3, -0.25) is 4.79 Å². The monoisotopic (exact) mass is 954 g/mol. The number of carbonyl (C=O) groups is 1. The summed E-state index contributed by atoms with van der Waals surface area (Å²) < 4.78 is 11.2. The maximum Gasteiger partial charge on any atom is 0.220 e. The van der Waals surface area contributed by atoms with Crippen molar-refractivity contribution in [3.8, 4) is 0 Å². The molecule has 0 aromatic heterocycles. The van der Waals surface area contributed by atoms with Crippen molar-refractivity contribution in [2.45, 2.75) is 269 Å². The zero-order valence-corrected chi connectivity index (χ0v) is 43.3. The Kier molecular flexibility index (Phi) is 44.8. The SMILES string of the molecule is CC/C=C\C/C=C\C/C=C\C/C=C\C/C=C\CCCCCCCCCCCCCCCC(=O)NC(COC1OC(CO)C(O)C(O)C1O)C(O)/C=C/CC/C=C/CCCCCCCCCCCC. The van der Waals surface area contributed by atoms with Crippen molar-refractivity contribution in [3.05, 3.63) is 85.1 Å². The maximum absolute atomic E-state index is 13.0. The van der Waals surface area contributed by atoms with Gasteiger partial charge in [-0.05, 0) is 77.0 Å². The molecule has 9 heteroatoms. The first-order chi connectivity index (χ1) is 33.3. The first kappa shape index (κ1) is 63.4. The van der Waals surface area contributed by atoms with E-state index in [1.165, 1.54) is 135 Å². The molecule has 1 amide bonds. The zero-order valence-electron chi connectivity index (χ0n) is 43.3. The van der Waals surface area contributed by atoms with Crippen LogP contribution in [0.15, 0.2) is 85.1 Å². The number of hydrogen-bond acceptors (Lipinski definition) is 8. The second-order valence-corrected chi connectivity index (χ2v) is 19.0. The predicted octanol–water partition coefficient (Wildman–Crippen LogP) is 13.5. The highest BCUT2D eigenvalue weighted by Crippen LogP contribution is 2.23. The Balaban J connectivity index is 2.23. The van der Waals surface area contributed by atoms with Crippen LogP contribution >= 0.6 is 0 Å². The Labute approximate surface area is 416 Å². The van der Waals surface area contributed by atoms with Crippen LogP contribution in [0.1, 0.15) is 226 Å². The van der Waals surface area contributed by atoms with Gasteiger partial charge in [0.1, 0.15) is 24.4 Å². The minimum atomic E-state index is -1.58. The van der Waals surface area contributed by atoms with Gasteiger partial charge in [-0.2, -0.15) is 0 Å². The number of amides is 1. The average Bonchev–Trinajstić information content (AvgIpc) is 3.34. The van der Waals surface area contributed by atoms with E-state index in [-0.39, 0.29) is 12.5 Å². The third kappa shape index (κ3) is 37.2. The molecule has 0 aromatic carbocycles. The fourth-order valence-corrected chi connectivity index (χ4v) is 8.32. The van der Waals surface area contributed by atoms with E-state index in [1.54, 1.807) is 6.08 Å². The number of hydrogen-bond donors (Lipinski definition) is 6. The maximum atomic E-state index is 13.0. The van der Waals surface area contributed by atoms with Crippen LogP contribution in [0.2, 0.25) is 0 Å². The van der Waals surface area contributed by atoms with Gasteiger partial charge in [-0.1, -0.05) is 227 Å². The molecule has 6 N–H and O–H groups in total. The van der Waals surface area contributed by atoms with Crippen LogP contribution in [-0.2, 0) is 14.3 Å². The quantitative estimate of drug-likeness (QED) is 0.0261. The van der Waals surface area contributed by atoms with E-state index in [1.807, 2.05) is 6.08 Å². The summed E-state index contributed by atoms with van der Waals surface area (Å²) in [4.78, 5) is 13.0. The fraction of sp³-hybridized carbons (Fsp3) is 0.746. The molecule has 392 valence electrons. The van der Waals surface area contributed by atoms with Crippen molar-refractivity contribution < 1.29 is 39.8 Å². The molecule has 1 fully saturated rings. The standard InChI is InChI=1S/C59H103NO8/c1-3-5-7-9-11-13-15-17-19-21-22-23-24-25-26-27-28-29-30-31-32-33-35-37-39-41-43-45-47-49-55(63)60-52(51-67-59-58(66)57(65)56(64)54(50-61)68-59)53(62)48-46-44-42-40-38-36-34-20-18-16-14-12-10-8-6-4-2/h5,7,11,13,17,19,22-23,25-26,38,40,46,48,52-54,56-59,61-62,64-66H,3-4,6,8-10,12,14-16,18,20-21,24,27-37,39,41-45,47,49-51H2,1-2H3,(H,60,63)/b7-5-,13-11-,19-17-,23-22-,26-25-,40-38+,48-46+. The van der Waals surface area contributed by atoms with Crippen LogP contribution in [0.4, 0.5) is 0 Å². The molecule has 1 saturated heterocycles. The summed E-state index contributed by atoms with van der Waals surface area (Å²) in [7, 11) is 0. The number of unbranched alkanes of at least 4 members (excludes halogenated alkanes) is 24. The number of aliphatic hydroxyl groups excluding tert-OH is 5. The van der Waals surface area contributed by atoms with Crippen molar-refractivity contribution in [2.24, 2.45) is 0 Å². The molecule has 1 heterocycles. The average molecular weight is 954 g/mol. The molecule has 0 radical (unpaired) electrons. The van der Waals surface area contributed by atoms with Crippen molar-refractivity contribution in [3.63, 3.8) is 0 Å². The summed E-state index contributed by atoms with van der Waals surface area (Å²) in [6.07, 6.45) is 60.7. The smallest absolute Gasteiger partial charge is 0.220 e. The van der Waals surface area contributed by atoms with Gasteiger partial charge in [0.15, 0.2) is 6.29 Å².